The van der Waals surface area contributed by atoms with E-state index >= 15 is 0 Å². The Morgan fingerprint density at radius 2 is 2.00 bits per heavy atom. The van der Waals surface area contributed by atoms with Crippen LogP contribution in [0.5, 0.6) is 0 Å². The minimum atomic E-state index is -0.886. The fourth-order valence-corrected chi connectivity index (χ4v) is 4.32. The van der Waals surface area contributed by atoms with E-state index in [1.54, 1.807) is 42.2 Å². The molecule has 0 aliphatic carbocycles. The van der Waals surface area contributed by atoms with Gasteiger partial charge in [0.15, 0.2) is 0 Å². The van der Waals surface area contributed by atoms with E-state index in [0.29, 0.717) is 12.1 Å². The van der Waals surface area contributed by atoms with Crippen molar-refractivity contribution in [3.8, 4) is 0 Å². The average Bonchev–Trinajstić information content (AvgIpc) is 2.72. The number of allylic oxidation sites excluding steroid dienone is 2. The van der Waals surface area contributed by atoms with Crippen LogP contribution in [0.25, 0.3) is 0 Å². The van der Waals surface area contributed by atoms with Gasteiger partial charge in [0, 0.05) is 31.1 Å². The van der Waals surface area contributed by atoms with Gasteiger partial charge in [-0.05, 0) is 60.6 Å². The van der Waals surface area contributed by atoms with Crippen LogP contribution in [-0.2, 0) is 17.6 Å². The molecule has 1 aliphatic heterocycles. The molecule has 0 amide bonds. The maximum atomic E-state index is 13.0. The normalized spacial score (nSPS) is 16.1. The summed E-state index contributed by atoms with van der Waals surface area (Å²) >= 11 is 1.63. The van der Waals surface area contributed by atoms with Crippen molar-refractivity contribution < 1.29 is 14.3 Å². The number of carboxylic acid groups (broad SMARTS) is 1. The Bertz CT molecular complexity index is 837. The van der Waals surface area contributed by atoms with Gasteiger partial charge in [0.2, 0.25) is 0 Å². The first-order valence-electron chi connectivity index (χ1n) is 9.27. The van der Waals surface area contributed by atoms with Gasteiger partial charge in [0.05, 0.1) is 5.57 Å². The van der Waals surface area contributed by atoms with Crippen molar-refractivity contribution in [1.29, 1.82) is 0 Å². The molecule has 4 nitrogen and oxygen atoms in total. The van der Waals surface area contributed by atoms with E-state index in [1.165, 1.54) is 12.1 Å². The summed E-state index contributed by atoms with van der Waals surface area (Å²) in [5, 5.41) is 9.36. The molecule has 0 saturated carbocycles. The van der Waals surface area contributed by atoms with Crippen molar-refractivity contribution in [2.75, 3.05) is 12.3 Å². The molecule has 2 heterocycles. The summed E-state index contributed by atoms with van der Waals surface area (Å²) in [6.07, 6.45) is 9.69. The lowest BCUT2D eigenvalue weighted by Crippen LogP contribution is -2.36. The number of hydrogen-bond donors (Lipinski definition) is 1. The Labute approximate surface area is 168 Å². The molecule has 0 spiro atoms. The molecular weight excluding hydrogens is 375 g/mol. The van der Waals surface area contributed by atoms with Gasteiger partial charge in [0.1, 0.15) is 11.2 Å². The number of carboxylic acids is 1. The minimum Gasteiger partial charge on any atom is -0.478 e. The first-order chi connectivity index (χ1) is 13.6. The van der Waals surface area contributed by atoms with Crippen LogP contribution in [-0.4, -0.2) is 38.6 Å². The molecule has 2 aromatic rings. The van der Waals surface area contributed by atoms with E-state index in [1.807, 2.05) is 24.4 Å². The second kappa shape index (κ2) is 10.1. The third-order valence-corrected chi connectivity index (χ3v) is 5.88. The summed E-state index contributed by atoms with van der Waals surface area (Å²) in [6, 6.07) is 12.4. The number of pyridine rings is 1. The van der Waals surface area contributed by atoms with Gasteiger partial charge in [-0.2, -0.15) is 0 Å². The number of thioether (sulfide) groups is 1. The van der Waals surface area contributed by atoms with E-state index in [4.69, 9.17) is 0 Å². The van der Waals surface area contributed by atoms with Gasteiger partial charge in [0.25, 0.3) is 0 Å². The van der Waals surface area contributed by atoms with Crippen molar-refractivity contribution in [1.82, 2.24) is 9.88 Å². The zero-order chi connectivity index (χ0) is 19.8. The van der Waals surface area contributed by atoms with Crippen LogP contribution in [0, 0.1) is 5.82 Å². The molecule has 0 saturated heterocycles. The number of rotatable bonds is 9. The maximum absolute atomic E-state index is 13.0. The van der Waals surface area contributed by atoms with Gasteiger partial charge in [-0.3, -0.25) is 4.98 Å². The second-order valence-electron chi connectivity index (χ2n) is 6.53. The molecule has 1 unspecified atom stereocenters. The van der Waals surface area contributed by atoms with Gasteiger partial charge in [-0.25, -0.2) is 9.18 Å². The first-order valence-corrected chi connectivity index (χ1v) is 10.3. The van der Waals surface area contributed by atoms with Crippen LogP contribution in [0.1, 0.15) is 17.7 Å². The monoisotopic (exact) mass is 398 g/mol. The number of aromatic nitrogens is 1. The van der Waals surface area contributed by atoms with Crippen LogP contribution in [0.3, 0.4) is 0 Å². The highest BCUT2D eigenvalue weighted by molar-refractivity contribution is 8.00. The Kier molecular flexibility index (Phi) is 7.25. The van der Waals surface area contributed by atoms with Crippen LogP contribution in [0.2, 0.25) is 0 Å². The van der Waals surface area contributed by atoms with Crippen molar-refractivity contribution in [3.05, 3.63) is 89.7 Å². The van der Waals surface area contributed by atoms with E-state index in [9.17, 15) is 14.3 Å². The molecule has 146 valence electrons. The Balaban J connectivity index is 1.56. The molecule has 3 rings (SSSR count). The topological polar surface area (TPSA) is 53.4 Å². The smallest absolute Gasteiger partial charge is 0.334 e. The Hall–Kier alpha value is -2.60. The summed E-state index contributed by atoms with van der Waals surface area (Å²) in [4.78, 5) is 18.1. The zero-order valence-electron chi connectivity index (χ0n) is 15.5. The number of hydrogen-bond acceptors (Lipinski definition) is 4. The molecule has 0 bridgehead atoms. The number of aliphatic carboxylic acids is 1. The molecule has 1 aromatic heterocycles. The minimum absolute atomic E-state index is 0.223. The number of halogens is 1. The third kappa shape index (κ3) is 5.70. The molecule has 1 aliphatic rings. The summed E-state index contributed by atoms with van der Waals surface area (Å²) < 4.78 is 13.0. The Morgan fingerprint density at radius 3 is 2.71 bits per heavy atom. The van der Waals surface area contributed by atoms with Crippen LogP contribution in [0.4, 0.5) is 4.39 Å². The van der Waals surface area contributed by atoms with Gasteiger partial charge in [-0.1, -0.05) is 18.2 Å². The summed E-state index contributed by atoms with van der Waals surface area (Å²) in [5.41, 5.74) is 2.48. The molecule has 0 radical (unpaired) electrons. The second-order valence-corrected chi connectivity index (χ2v) is 7.72. The summed E-state index contributed by atoms with van der Waals surface area (Å²) in [6.45, 7) is 0.702. The predicted octanol–water partition coefficient (Wildman–Crippen LogP) is 4.30. The molecule has 28 heavy (non-hydrogen) atoms. The average molecular weight is 399 g/mol. The molecule has 0 fully saturated rings. The molecule has 1 aromatic carbocycles. The highest BCUT2D eigenvalue weighted by Gasteiger charge is 2.27. The van der Waals surface area contributed by atoms with E-state index in [0.717, 1.165) is 36.3 Å². The van der Waals surface area contributed by atoms with Gasteiger partial charge in [-0.15, -0.1) is 11.8 Å². The molecule has 1 atom stereocenters. The Morgan fingerprint density at radius 1 is 1.18 bits per heavy atom. The van der Waals surface area contributed by atoms with Gasteiger partial charge < -0.3 is 10.0 Å². The molecule has 6 heteroatoms. The first kappa shape index (κ1) is 20.1. The fourth-order valence-electron chi connectivity index (χ4n) is 3.06. The summed E-state index contributed by atoms with van der Waals surface area (Å²) in [5.74, 6) is -0.296. The van der Waals surface area contributed by atoms with Crippen molar-refractivity contribution in [2.24, 2.45) is 0 Å². The zero-order valence-corrected chi connectivity index (χ0v) is 16.3. The standard InChI is InChI=1S/C22H23FN2O2S/c23-18-10-8-17(9-11-18)5-4-16-28-21-20(22(26)27)7-3-14-25(21)15-12-19-6-1-2-13-24-19/h1-3,6-11,13-14,21H,4-5,12,15-16H2,(H,26,27). The molecule has 1 N–H and O–H groups in total. The number of carbonyl (C=O) groups is 1. The largest absolute Gasteiger partial charge is 0.478 e. The SMILES string of the molecule is O=C(O)C1=CC=CN(CCc2ccccn2)C1SCCCc1ccc(F)cc1. The quantitative estimate of drug-likeness (QED) is 0.639. The maximum Gasteiger partial charge on any atom is 0.334 e. The van der Waals surface area contributed by atoms with Crippen molar-refractivity contribution in [3.63, 3.8) is 0 Å². The number of benzene rings is 1. The lowest BCUT2D eigenvalue weighted by molar-refractivity contribution is -0.133. The lowest BCUT2D eigenvalue weighted by Gasteiger charge is -2.32. The highest BCUT2D eigenvalue weighted by atomic mass is 32.2. The highest BCUT2D eigenvalue weighted by Crippen LogP contribution is 2.28. The lowest BCUT2D eigenvalue weighted by atomic mass is 10.1. The molecular formula is C22H23FN2O2S. The van der Waals surface area contributed by atoms with Gasteiger partial charge >= 0.3 is 5.97 Å². The van der Waals surface area contributed by atoms with Crippen LogP contribution in [0.15, 0.2) is 72.6 Å². The van der Waals surface area contributed by atoms with E-state index in [-0.39, 0.29) is 11.2 Å². The van der Waals surface area contributed by atoms with E-state index in [2.05, 4.69) is 9.88 Å². The number of aryl methyl sites for hydroxylation is 1. The fraction of sp³-hybridized carbons (Fsp3) is 0.273. The van der Waals surface area contributed by atoms with Crippen molar-refractivity contribution in [2.45, 2.75) is 24.6 Å². The predicted molar refractivity (Wildman–Crippen MR) is 110 cm³/mol. The van der Waals surface area contributed by atoms with Crippen molar-refractivity contribution >= 4 is 17.7 Å². The summed E-state index contributed by atoms with van der Waals surface area (Å²) in [7, 11) is 0. The van der Waals surface area contributed by atoms with Crippen LogP contribution >= 0.6 is 11.8 Å². The third-order valence-electron chi connectivity index (χ3n) is 4.52. The van der Waals surface area contributed by atoms with Crippen LogP contribution < -0.4 is 0 Å². The van der Waals surface area contributed by atoms with E-state index < -0.39 is 5.97 Å². The number of nitrogens with zero attached hydrogens (tertiary/aromatic N) is 2.